The van der Waals surface area contributed by atoms with Crippen LogP contribution in [0.25, 0.3) is 0 Å². The maximum atomic E-state index is 10.0. The van der Waals surface area contributed by atoms with Gasteiger partial charge < -0.3 is 0 Å². The van der Waals surface area contributed by atoms with E-state index in [2.05, 4.69) is 0 Å². The Morgan fingerprint density at radius 3 is 2.60 bits per heavy atom. The molecule has 1 aromatic rings. The summed E-state index contributed by atoms with van der Waals surface area (Å²) in [5, 5.41) is 1.20. The Bertz CT molecular complexity index is 202. The molecule has 0 heterocycles. The summed E-state index contributed by atoms with van der Waals surface area (Å²) >= 11 is -1.09. The second-order valence-electron chi connectivity index (χ2n) is 1.83. The molecule has 0 fully saturated rings. The first kappa shape index (κ1) is 7.88. The molecule has 0 saturated carbocycles. The van der Waals surface area contributed by atoms with Gasteiger partial charge in [0.15, 0.2) is 0 Å². The van der Waals surface area contributed by atoms with Gasteiger partial charge in [-0.2, -0.15) is 0 Å². The predicted molar refractivity (Wildman–Crippen MR) is 36.4 cm³/mol. The Kier molecular flexibility index (Phi) is 3.61. The first-order valence-electron chi connectivity index (χ1n) is 2.92. The van der Waals surface area contributed by atoms with Crippen LogP contribution in [0.1, 0.15) is 0 Å². The molecular weight excluding hydrogens is 183 g/mol. The molecule has 0 aliphatic carbocycles. The molecule has 0 spiro atoms. The number of hydrogen-bond donors (Lipinski definition) is 0. The van der Waals surface area contributed by atoms with E-state index in [1.807, 2.05) is 30.3 Å². The van der Waals surface area contributed by atoms with E-state index in [0.717, 1.165) is 0 Å². The molecule has 0 amide bonds. The quantitative estimate of drug-likeness (QED) is 0.615. The molecule has 0 radical (unpaired) electrons. The topological polar surface area (TPSA) is 26.3 Å². The van der Waals surface area contributed by atoms with Crippen LogP contribution >= 0.6 is 0 Å². The van der Waals surface area contributed by atoms with Crippen molar-refractivity contribution in [3.63, 3.8) is 0 Å². The van der Waals surface area contributed by atoms with Crippen LogP contribution < -0.4 is 5.19 Å². The van der Waals surface area contributed by atoms with Crippen molar-refractivity contribution in [1.29, 1.82) is 0 Å². The summed E-state index contributed by atoms with van der Waals surface area (Å²) in [5.41, 5.74) is 0. The number of rotatable bonds is 3. The Morgan fingerprint density at radius 1 is 1.30 bits per heavy atom. The van der Waals surface area contributed by atoms with E-state index in [1.165, 1.54) is 5.19 Å². The van der Waals surface area contributed by atoms with Crippen LogP contribution in [-0.2, 0) is 23.6 Å². The molecule has 2 nitrogen and oxygen atoms in total. The van der Waals surface area contributed by atoms with E-state index in [0.29, 0.717) is 0 Å². The van der Waals surface area contributed by atoms with Crippen LogP contribution in [0.3, 0.4) is 0 Å². The van der Waals surface area contributed by atoms with Gasteiger partial charge in [0, 0.05) is 0 Å². The zero-order chi connectivity index (χ0) is 7.23. The monoisotopic (exact) mass is 190 g/mol. The summed E-state index contributed by atoms with van der Waals surface area (Å²) in [7, 11) is -0.682. The molecule has 1 aromatic carbocycles. The average Bonchev–Trinajstić information content (AvgIpc) is 2.03. The molecule has 10 heavy (non-hydrogen) atoms. The van der Waals surface area contributed by atoms with E-state index in [-0.39, 0.29) is 0 Å². The van der Waals surface area contributed by atoms with Crippen molar-refractivity contribution < 1.29 is 23.6 Å². The normalized spacial score (nSPS) is 10.4. The zero-order valence-corrected chi connectivity index (χ0v) is 8.17. The maximum absolute atomic E-state index is 10.0. The third-order valence-corrected chi connectivity index (χ3v) is 3.26. The SMILES string of the molecule is [O]=[V][O][SiH2]c1ccccc1. The summed E-state index contributed by atoms with van der Waals surface area (Å²) < 4.78 is 14.9. The molecule has 0 bridgehead atoms. The van der Waals surface area contributed by atoms with Gasteiger partial charge in [-0.15, -0.1) is 0 Å². The van der Waals surface area contributed by atoms with Gasteiger partial charge in [0.05, 0.1) is 0 Å². The first-order chi connectivity index (χ1) is 4.93. The fraction of sp³-hybridized carbons (Fsp3) is 0. The van der Waals surface area contributed by atoms with Crippen molar-refractivity contribution in [2.45, 2.75) is 0 Å². The van der Waals surface area contributed by atoms with E-state index in [9.17, 15) is 3.67 Å². The van der Waals surface area contributed by atoms with E-state index < -0.39 is 26.4 Å². The van der Waals surface area contributed by atoms with Gasteiger partial charge >= 0.3 is 68.9 Å². The summed E-state index contributed by atoms with van der Waals surface area (Å²) in [4.78, 5) is 0. The number of benzene rings is 1. The Balaban J connectivity index is 2.50. The standard InChI is InChI=1S/C6H7OSi.O.V/c7-8-6-4-2-1-3-5-6;;/h1-5H,8H2;;/q-1;;+1. The van der Waals surface area contributed by atoms with E-state index in [4.69, 9.17) is 3.35 Å². The van der Waals surface area contributed by atoms with Gasteiger partial charge in [-0.1, -0.05) is 0 Å². The van der Waals surface area contributed by atoms with Crippen molar-refractivity contribution in [2.24, 2.45) is 0 Å². The van der Waals surface area contributed by atoms with Crippen molar-refractivity contribution >= 4 is 14.9 Å². The van der Waals surface area contributed by atoms with Gasteiger partial charge in [0.1, 0.15) is 0 Å². The van der Waals surface area contributed by atoms with Crippen molar-refractivity contribution in [3.8, 4) is 0 Å². The molecule has 0 aromatic heterocycles. The van der Waals surface area contributed by atoms with E-state index >= 15 is 0 Å². The summed E-state index contributed by atoms with van der Waals surface area (Å²) in [6, 6.07) is 9.90. The molecule has 0 aliphatic rings. The average molecular weight is 190 g/mol. The minimum absolute atomic E-state index is 0.682. The fourth-order valence-corrected chi connectivity index (χ4v) is 2.29. The summed E-state index contributed by atoms with van der Waals surface area (Å²) in [6.07, 6.45) is 0. The van der Waals surface area contributed by atoms with Crippen molar-refractivity contribution in [1.82, 2.24) is 0 Å². The molecule has 52 valence electrons. The van der Waals surface area contributed by atoms with Gasteiger partial charge in [0.2, 0.25) is 0 Å². The molecule has 0 unspecified atom stereocenters. The van der Waals surface area contributed by atoms with E-state index in [1.54, 1.807) is 0 Å². The van der Waals surface area contributed by atoms with Gasteiger partial charge in [-0.25, -0.2) is 0 Å². The molecule has 0 aliphatic heterocycles. The van der Waals surface area contributed by atoms with Crippen molar-refractivity contribution in [2.75, 3.05) is 0 Å². The molecule has 1 rings (SSSR count). The van der Waals surface area contributed by atoms with Gasteiger partial charge in [0.25, 0.3) is 0 Å². The van der Waals surface area contributed by atoms with Crippen LogP contribution in [0.2, 0.25) is 0 Å². The second kappa shape index (κ2) is 4.57. The summed E-state index contributed by atoms with van der Waals surface area (Å²) in [6.45, 7) is 0. The second-order valence-corrected chi connectivity index (χ2v) is 4.64. The predicted octanol–water partition coefficient (Wildman–Crippen LogP) is -0.245. The Labute approximate surface area is 69.2 Å². The third-order valence-electron chi connectivity index (χ3n) is 1.13. The molecule has 0 N–H and O–H groups in total. The van der Waals surface area contributed by atoms with Gasteiger partial charge in [-0.3, -0.25) is 0 Å². The number of hydrogen-bond acceptors (Lipinski definition) is 2. The van der Waals surface area contributed by atoms with Crippen molar-refractivity contribution in [3.05, 3.63) is 30.3 Å². The molecule has 0 atom stereocenters. The van der Waals surface area contributed by atoms with Crippen LogP contribution in [0.15, 0.2) is 30.3 Å². The Morgan fingerprint density at radius 2 is 2.00 bits per heavy atom. The first-order valence-corrected chi connectivity index (χ1v) is 5.34. The zero-order valence-electron chi connectivity index (χ0n) is 5.36. The molecular formula is C6H7O2SiV. The van der Waals surface area contributed by atoms with Crippen LogP contribution in [-0.4, -0.2) is 9.76 Å². The molecule has 4 heteroatoms. The Hall–Kier alpha value is -0.219. The minimum atomic E-state index is -1.09. The van der Waals surface area contributed by atoms with Gasteiger partial charge in [-0.05, 0) is 0 Å². The molecule has 0 saturated heterocycles. The van der Waals surface area contributed by atoms with Crippen LogP contribution in [0.5, 0.6) is 0 Å². The third kappa shape index (κ3) is 2.58. The van der Waals surface area contributed by atoms with Crippen LogP contribution in [0.4, 0.5) is 0 Å². The fourth-order valence-electron chi connectivity index (χ4n) is 0.675. The van der Waals surface area contributed by atoms with Crippen LogP contribution in [0, 0.1) is 0 Å². The summed E-state index contributed by atoms with van der Waals surface area (Å²) in [5.74, 6) is 0.